The molecule has 1 saturated heterocycles. The molecule has 1 atom stereocenters. The van der Waals surface area contributed by atoms with Gasteiger partial charge in [0.05, 0.1) is 17.6 Å². The van der Waals surface area contributed by atoms with Crippen molar-refractivity contribution in [3.8, 4) is 0 Å². The van der Waals surface area contributed by atoms with E-state index in [1.807, 2.05) is 18.2 Å². The number of nitrogens with zero attached hydrogens (tertiary/aromatic N) is 2. The second-order valence-electron chi connectivity index (χ2n) is 9.23. The molecular formula is C26H32N8O3. The first-order chi connectivity index (χ1) is 17.8. The third-order valence-electron chi connectivity index (χ3n) is 6.44. The van der Waals surface area contributed by atoms with E-state index in [0.717, 1.165) is 42.1 Å². The molecule has 1 unspecified atom stereocenters. The van der Waals surface area contributed by atoms with Crippen LogP contribution in [-0.2, 0) is 16.1 Å². The number of primary amides is 1. The summed E-state index contributed by atoms with van der Waals surface area (Å²) >= 11 is 0. The number of amides is 3. The zero-order valence-electron chi connectivity index (χ0n) is 20.8. The van der Waals surface area contributed by atoms with Crippen molar-refractivity contribution in [1.29, 1.82) is 5.41 Å². The number of imidazole rings is 1. The number of hydrogen-bond acceptors (Lipinski definition) is 7. The number of fused-ring (bicyclic) bond motifs is 1. The number of H-pyrrole nitrogens is 1. The van der Waals surface area contributed by atoms with Crippen LogP contribution in [0.1, 0.15) is 41.0 Å². The molecular weight excluding hydrogens is 472 g/mol. The van der Waals surface area contributed by atoms with Gasteiger partial charge in [0.15, 0.2) is 0 Å². The number of anilines is 2. The molecule has 1 aliphatic rings. The summed E-state index contributed by atoms with van der Waals surface area (Å²) in [4.78, 5) is 45.9. The molecule has 3 amide bonds. The molecule has 7 N–H and O–H groups in total. The molecule has 11 nitrogen and oxygen atoms in total. The Morgan fingerprint density at radius 2 is 2.08 bits per heavy atom. The average molecular weight is 505 g/mol. The van der Waals surface area contributed by atoms with Crippen molar-refractivity contribution in [2.75, 3.05) is 37.3 Å². The standard InChI is InChI=1S/C26H32N8O3/c1-29-20-4-2-17(11-18(20)13-27)26(37)31-19-3-5-21-22(12-19)33-24(32-21)15-34-9-7-16(14-34)10-25(36)30-8-6-23(28)35/h2-5,11-13,16,27,29H,6-10,14-15H2,1H3,(H2,28,35)(H,30,36)(H,31,37)(H,32,33). The minimum atomic E-state index is -0.426. The van der Waals surface area contributed by atoms with Gasteiger partial charge in [0.2, 0.25) is 11.8 Å². The van der Waals surface area contributed by atoms with E-state index in [0.29, 0.717) is 29.8 Å². The molecule has 0 saturated carbocycles. The van der Waals surface area contributed by atoms with Crippen molar-refractivity contribution < 1.29 is 14.4 Å². The highest BCUT2D eigenvalue weighted by molar-refractivity contribution is 6.06. The van der Waals surface area contributed by atoms with Crippen molar-refractivity contribution in [2.24, 2.45) is 11.7 Å². The van der Waals surface area contributed by atoms with Crippen LogP contribution in [-0.4, -0.2) is 65.5 Å². The van der Waals surface area contributed by atoms with Gasteiger partial charge in [-0.2, -0.15) is 0 Å². The van der Waals surface area contributed by atoms with Gasteiger partial charge in [-0.1, -0.05) is 0 Å². The maximum Gasteiger partial charge on any atom is 0.255 e. The predicted octanol–water partition coefficient (Wildman–Crippen LogP) is 2.06. The minimum absolute atomic E-state index is 0.0570. The van der Waals surface area contributed by atoms with E-state index in [1.165, 1.54) is 6.21 Å². The number of carbonyl (C=O) groups is 3. The topological polar surface area (TPSA) is 169 Å². The molecule has 3 aromatic rings. The van der Waals surface area contributed by atoms with Gasteiger partial charge < -0.3 is 32.1 Å². The molecule has 11 heteroatoms. The predicted molar refractivity (Wildman–Crippen MR) is 143 cm³/mol. The number of nitrogens with two attached hydrogens (primary N) is 1. The maximum atomic E-state index is 12.8. The quantitative estimate of drug-likeness (QED) is 0.218. The molecule has 1 aliphatic heterocycles. The van der Waals surface area contributed by atoms with Gasteiger partial charge in [0, 0.05) is 61.7 Å². The lowest BCUT2D eigenvalue weighted by molar-refractivity contribution is -0.122. The number of rotatable bonds is 11. The van der Waals surface area contributed by atoms with E-state index in [4.69, 9.17) is 11.1 Å². The van der Waals surface area contributed by atoms with Crippen LogP contribution in [0.5, 0.6) is 0 Å². The van der Waals surface area contributed by atoms with Gasteiger partial charge in [-0.25, -0.2) is 4.98 Å². The fraction of sp³-hybridized carbons (Fsp3) is 0.346. The molecule has 37 heavy (non-hydrogen) atoms. The number of benzene rings is 2. The average Bonchev–Trinajstić information content (AvgIpc) is 3.48. The first kappa shape index (κ1) is 25.8. The number of aromatic amines is 1. The lowest BCUT2D eigenvalue weighted by Gasteiger charge is -2.14. The summed E-state index contributed by atoms with van der Waals surface area (Å²) < 4.78 is 0. The Morgan fingerprint density at radius 3 is 2.84 bits per heavy atom. The first-order valence-corrected chi connectivity index (χ1v) is 12.2. The summed E-state index contributed by atoms with van der Waals surface area (Å²) in [7, 11) is 1.77. The molecule has 194 valence electrons. The van der Waals surface area contributed by atoms with Gasteiger partial charge in [-0.05, 0) is 55.3 Å². The lowest BCUT2D eigenvalue weighted by atomic mass is 10.0. The van der Waals surface area contributed by atoms with Gasteiger partial charge >= 0.3 is 0 Å². The molecule has 0 bridgehead atoms. The normalized spacial score (nSPS) is 15.4. The highest BCUT2D eigenvalue weighted by Crippen LogP contribution is 2.23. The Hall–Kier alpha value is -4.25. The lowest BCUT2D eigenvalue weighted by Crippen LogP contribution is -2.30. The zero-order valence-corrected chi connectivity index (χ0v) is 20.8. The maximum absolute atomic E-state index is 12.8. The van der Waals surface area contributed by atoms with Gasteiger partial charge in [-0.3, -0.25) is 19.3 Å². The molecule has 1 aromatic heterocycles. The zero-order chi connectivity index (χ0) is 26.4. The summed E-state index contributed by atoms with van der Waals surface area (Å²) in [5, 5.41) is 16.2. The monoisotopic (exact) mass is 504 g/mol. The number of carbonyl (C=O) groups excluding carboxylic acids is 3. The fourth-order valence-corrected chi connectivity index (χ4v) is 4.56. The highest BCUT2D eigenvalue weighted by Gasteiger charge is 2.25. The molecule has 0 aliphatic carbocycles. The summed E-state index contributed by atoms with van der Waals surface area (Å²) in [6.07, 6.45) is 2.71. The molecule has 0 spiro atoms. The van der Waals surface area contributed by atoms with E-state index >= 15 is 0 Å². The van der Waals surface area contributed by atoms with Crippen LogP contribution >= 0.6 is 0 Å². The van der Waals surface area contributed by atoms with E-state index in [2.05, 4.69) is 30.8 Å². The molecule has 4 rings (SSSR count). The highest BCUT2D eigenvalue weighted by atomic mass is 16.2. The minimum Gasteiger partial charge on any atom is -0.388 e. The van der Waals surface area contributed by atoms with Crippen LogP contribution in [0.2, 0.25) is 0 Å². The van der Waals surface area contributed by atoms with Crippen molar-refractivity contribution in [3.05, 3.63) is 53.3 Å². The van der Waals surface area contributed by atoms with Crippen LogP contribution in [0, 0.1) is 11.3 Å². The SMILES string of the molecule is CNc1ccc(C(=O)Nc2ccc3nc(CN4CCC(CC(=O)NCCC(N)=O)C4)[nH]c3c2)cc1C=N. The van der Waals surface area contributed by atoms with Gasteiger partial charge in [-0.15, -0.1) is 0 Å². The smallest absolute Gasteiger partial charge is 0.255 e. The summed E-state index contributed by atoms with van der Waals surface area (Å²) in [6.45, 7) is 2.59. The van der Waals surface area contributed by atoms with Crippen LogP contribution in [0.25, 0.3) is 11.0 Å². The molecule has 0 radical (unpaired) electrons. The summed E-state index contributed by atoms with van der Waals surface area (Å²) in [6, 6.07) is 10.7. The van der Waals surface area contributed by atoms with Gasteiger partial charge in [0.25, 0.3) is 5.91 Å². The molecule has 1 fully saturated rings. The Labute approximate surface area is 214 Å². The van der Waals surface area contributed by atoms with Crippen LogP contribution < -0.4 is 21.7 Å². The first-order valence-electron chi connectivity index (χ1n) is 12.2. The van der Waals surface area contributed by atoms with E-state index < -0.39 is 5.91 Å². The van der Waals surface area contributed by atoms with E-state index in [-0.39, 0.29) is 30.7 Å². The van der Waals surface area contributed by atoms with E-state index in [1.54, 1.807) is 25.2 Å². The number of nitrogens with one attached hydrogen (secondary N) is 5. The third kappa shape index (κ3) is 6.70. The van der Waals surface area contributed by atoms with E-state index in [9.17, 15) is 14.4 Å². The molecule has 2 heterocycles. The van der Waals surface area contributed by atoms with Crippen molar-refractivity contribution in [3.63, 3.8) is 0 Å². The number of likely N-dealkylation sites (tertiary alicyclic amines) is 1. The van der Waals surface area contributed by atoms with Crippen LogP contribution in [0.15, 0.2) is 36.4 Å². The molecule has 2 aromatic carbocycles. The summed E-state index contributed by atoms with van der Waals surface area (Å²) in [5.41, 5.74) is 9.26. The Kier molecular flexibility index (Phi) is 8.14. The second-order valence-corrected chi connectivity index (χ2v) is 9.23. The van der Waals surface area contributed by atoms with Crippen molar-refractivity contribution >= 4 is 46.3 Å². The van der Waals surface area contributed by atoms with Gasteiger partial charge in [0.1, 0.15) is 5.82 Å². The summed E-state index contributed by atoms with van der Waals surface area (Å²) in [5.74, 6) is 0.341. The number of hydrogen-bond donors (Lipinski definition) is 6. The number of aromatic nitrogens is 2. The Morgan fingerprint density at radius 1 is 1.24 bits per heavy atom. The Balaban J connectivity index is 1.33. The second kappa shape index (κ2) is 11.7. The van der Waals surface area contributed by atoms with Crippen LogP contribution in [0.3, 0.4) is 0 Å². The van der Waals surface area contributed by atoms with Crippen molar-refractivity contribution in [2.45, 2.75) is 25.8 Å². The van der Waals surface area contributed by atoms with Crippen LogP contribution in [0.4, 0.5) is 11.4 Å². The Bertz CT molecular complexity index is 1320. The fourth-order valence-electron chi connectivity index (χ4n) is 4.56. The van der Waals surface area contributed by atoms with Crippen molar-refractivity contribution in [1.82, 2.24) is 20.2 Å². The third-order valence-corrected chi connectivity index (χ3v) is 6.44. The largest absolute Gasteiger partial charge is 0.388 e.